The van der Waals surface area contributed by atoms with Crippen LogP contribution in [-0.2, 0) is 4.79 Å². The van der Waals surface area contributed by atoms with Gasteiger partial charge in [-0.05, 0) is 37.0 Å². The second-order valence-electron chi connectivity index (χ2n) is 5.83. The Kier molecular flexibility index (Phi) is 5.20. The number of carbonyl (C=O) groups excluding carboxylic acids is 2. The van der Waals surface area contributed by atoms with Crippen LogP contribution in [0.15, 0.2) is 24.3 Å². The molecule has 1 aliphatic rings. The van der Waals surface area contributed by atoms with Crippen LogP contribution in [0.1, 0.15) is 39.5 Å². The molecule has 2 rings (SSSR count). The summed E-state index contributed by atoms with van der Waals surface area (Å²) in [4.78, 5) is 23.0. The van der Waals surface area contributed by atoms with Gasteiger partial charge in [0.25, 0.3) is 0 Å². The molecule has 0 radical (unpaired) electrons. The molecule has 1 fully saturated rings. The zero-order valence-corrected chi connectivity index (χ0v) is 12.6. The van der Waals surface area contributed by atoms with E-state index in [1.165, 1.54) is 19.8 Å². The topological polar surface area (TPSA) is 70.2 Å². The molecule has 2 atom stereocenters. The molecule has 114 valence electrons. The van der Waals surface area contributed by atoms with Crippen molar-refractivity contribution in [3.05, 3.63) is 24.3 Å². The van der Waals surface area contributed by atoms with Crippen molar-refractivity contribution in [2.45, 2.75) is 45.6 Å². The monoisotopic (exact) mass is 289 g/mol. The zero-order valence-electron chi connectivity index (χ0n) is 12.6. The molecule has 5 nitrogen and oxygen atoms in total. The van der Waals surface area contributed by atoms with Gasteiger partial charge in [-0.25, -0.2) is 4.79 Å². The van der Waals surface area contributed by atoms with Crippen LogP contribution in [0.4, 0.5) is 16.2 Å². The van der Waals surface area contributed by atoms with Gasteiger partial charge in [0.1, 0.15) is 0 Å². The van der Waals surface area contributed by atoms with Crippen molar-refractivity contribution in [1.29, 1.82) is 0 Å². The average molecular weight is 289 g/mol. The molecule has 0 aliphatic heterocycles. The third-order valence-corrected chi connectivity index (χ3v) is 3.71. The molecule has 1 aliphatic carbocycles. The summed E-state index contributed by atoms with van der Waals surface area (Å²) in [6.45, 7) is 3.68. The number of carbonyl (C=O) groups is 2. The first-order valence-electron chi connectivity index (χ1n) is 7.48. The molecular formula is C16H23N3O2. The van der Waals surface area contributed by atoms with Crippen LogP contribution in [0, 0.1) is 5.92 Å². The summed E-state index contributed by atoms with van der Waals surface area (Å²) >= 11 is 0. The van der Waals surface area contributed by atoms with Gasteiger partial charge in [-0.2, -0.15) is 0 Å². The highest BCUT2D eigenvalue weighted by Gasteiger charge is 2.20. The molecule has 1 aromatic rings. The predicted octanol–water partition coefficient (Wildman–Crippen LogP) is 3.35. The third-order valence-electron chi connectivity index (χ3n) is 3.71. The third kappa shape index (κ3) is 5.10. The lowest BCUT2D eigenvalue weighted by molar-refractivity contribution is -0.114. The Bertz CT molecular complexity index is 516. The SMILES string of the molecule is CC(=O)Nc1cccc(NC(=O)N[C@H]2CCC[C@H](C)C2)c1. The molecule has 3 N–H and O–H groups in total. The van der Waals surface area contributed by atoms with E-state index >= 15 is 0 Å². The van der Waals surface area contributed by atoms with Crippen molar-refractivity contribution < 1.29 is 9.59 Å². The summed E-state index contributed by atoms with van der Waals surface area (Å²) in [5.74, 6) is 0.542. The standard InChI is InChI=1S/C16H23N3O2/c1-11-5-3-6-13(9-11)18-16(21)19-15-8-4-7-14(10-15)17-12(2)20/h4,7-8,10-11,13H,3,5-6,9H2,1-2H3,(H,17,20)(H2,18,19,21)/t11-,13-/m0/s1. The fourth-order valence-corrected chi connectivity index (χ4v) is 2.80. The number of anilines is 2. The van der Waals surface area contributed by atoms with E-state index in [-0.39, 0.29) is 18.0 Å². The van der Waals surface area contributed by atoms with Gasteiger partial charge in [0, 0.05) is 24.3 Å². The van der Waals surface area contributed by atoms with Gasteiger partial charge in [0.15, 0.2) is 0 Å². The minimum Gasteiger partial charge on any atom is -0.335 e. The largest absolute Gasteiger partial charge is 0.335 e. The Balaban J connectivity index is 1.88. The van der Waals surface area contributed by atoms with E-state index in [1.54, 1.807) is 24.3 Å². The van der Waals surface area contributed by atoms with E-state index in [2.05, 4.69) is 22.9 Å². The molecular weight excluding hydrogens is 266 g/mol. The molecule has 0 heterocycles. The second kappa shape index (κ2) is 7.11. The van der Waals surface area contributed by atoms with Crippen LogP contribution in [0.25, 0.3) is 0 Å². The number of hydrogen-bond acceptors (Lipinski definition) is 2. The van der Waals surface area contributed by atoms with Crippen molar-refractivity contribution in [1.82, 2.24) is 5.32 Å². The van der Waals surface area contributed by atoms with Crippen LogP contribution < -0.4 is 16.0 Å². The van der Waals surface area contributed by atoms with Crippen molar-refractivity contribution >= 4 is 23.3 Å². The Morgan fingerprint density at radius 2 is 1.86 bits per heavy atom. The van der Waals surface area contributed by atoms with Crippen molar-refractivity contribution in [3.63, 3.8) is 0 Å². The molecule has 1 saturated carbocycles. The number of benzene rings is 1. The summed E-state index contributed by atoms with van der Waals surface area (Å²) in [6.07, 6.45) is 4.51. The van der Waals surface area contributed by atoms with Crippen LogP contribution in [0.2, 0.25) is 0 Å². The van der Waals surface area contributed by atoms with Crippen molar-refractivity contribution in [3.8, 4) is 0 Å². The molecule has 21 heavy (non-hydrogen) atoms. The lowest BCUT2D eigenvalue weighted by Crippen LogP contribution is -2.40. The molecule has 5 heteroatoms. The Labute approximate surface area is 125 Å². The Morgan fingerprint density at radius 3 is 2.52 bits per heavy atom. The number of hydrogen-bond donors (Lipinski definition) is 3. The number of nitrogens with one attached hydrogen (secondary N) is 3. The van der Waals surface area contributed by atoms with Crippen molar-refractivity contribution in [2.24, 2.45) is 5.92 Å². The first kappa shape index (κ1) is 15.4. The lowest BCUT2D eigenvalue weighted by Gasteiger charge is -2.27. The zero-order chi connectivity index (χ0) is 15.2. The highest BCUT2D eigenvalue weighted by molar-refractivity contribution is 5.92. The Morgan fingerprint density at radius 1 is 1.14 bits per heavy atom. The lowest BCUT2D eigenvalue weighted by atomic mass is 9.87. The summed E-state index contributed by atoms with van der Waals surface area (Å²) in [6, 6.07) is 7.19. The quantitative estimate of drug-likeness (QED) is 0.798. The predicted molar refractivity (Wildman–Crippen MR) is 84.3 cm³/mol. The van der Waals surface area contributed by atoms with Gasteiger partial charge in [-0.15, -0.1) is 0 Å². The average Bonchev–Trinajstić information content (AvgIpc) is 2.37. The van der Waals surface area contributed by atoms with E-state index in [4.69, 9.17) is 0 Å². The van der Waals surface area contributed by atoms with Gasteiger partial charge in [0.2, 0.25) is 5.91 Å². The fourth-order valence-electron chi connectivity index (χ4n) is 2.80. The summed E-state index contributed by atoms with van der Waals surface area (Å²) in [5, 5.41) is 8.53. The smallest absolute Gasteiger partial charge is 0.319 e. The number of rotatable bonds is 3. The first-order valence-corrected chi connectivity index (χ1v) is 7.48. The van der Waals surface area contributed by atoms with E-state index in [0.717, 1.165) is 12.8 Å². The first-order chi connectivity index (χ1) is 10.0. The molecule has 3 amide bonds. The normalized spacial score (nSPS) is 21.4. The van der Waals surface area contributed by atoms with Gasteiger partial charge < -0.3 is 16.0 Å². The minimum atomic E-state index is -0.186. The molecule has 0 aromatic heterocycles. The van der Waals surface area contributed by atoms with Crippen LogP contribution in [0.5, 0.6) is 0 Å². The number of urea groups is 1. The highest BCUT2D eigenvalue weighted by atomic mass is 16.2. The maximum atomic E-state index is 12.0. The second-order valence-corrected chi connectivity index (χ2v) is 5.83. The molecule has 0 unspecified atom stereocenters. The van der Waals surface area contributed by atoms with E-state index in [1.807, 2.05) is 0 Å². The van der Waals surface area contributed by atoms with Gasteiger partial charge in [-0.1, -0.05) is 25.8 Å². The van der Waals surface area contributed by atoms with Gasteiger partial charge in [-0.3, -0.25) is 4.79 Å². The van der Waals surface area contributed by atoms with Crippen LogP contribution in [-0.4, -0.2) is 18.0 Å². The minimum absolute atomic E-state index is 0.132. The molecule has 1 aromatic carbocycles. The fraction of sp³-hybridized carbons (Fsp3) is 0.500. The summed E-state index contributed by atoms with van der Waals surface area (Å²) in [7, 11) is 0. The van der Waals surface area contributed by atoms with Gasteiger partial charge >= 0.3 is 6.03 Å². The highest BCUT2D eigenvalue weighted by Crippen LogP contribution is 2.23. The number of amides is 3. The Hall–Kier alpha value is -2.04. The maximum absolute atomic E-state index is 12.0. The summed E-state index contributed by atoms with van der Waals surface area (Å²) in [5.41, 5.74) is 1.34. The van der Waals surface area contributed by atoms with Gasteiger partial charge in [0.05, 0.1) is 0 Å². The van der Waals surface area contributed by atoms with E-state index in [9.17, 15) is 9.59 Å². The van der Waals surface area contributed by atoms with Crippen molar-refractivity contribution in [2.75, 3.05) is 10.6 Å². The van der Waals surface area contributed by atoms with Crippen LogP contribution in [0.3, 0.4) is 0 Å². The molecule has 0 spiro atoms. The van der Waals surface area contributed by atoms with E-state index < -0.39 is 0 Å². The molecule has 0 saturated heterocycles. The van der Waals surface area contributed by atoms with E-state index in [0.29, 0.717) is 17.3 Å². The summed E-state index contributed by atoms with van der Waals surface area (Å²) < 4.78 is 0. The molecule has 0 bridgehead atoms. The maximum Gasteiger partial charge on any atom is 0.319 e. The van der Waals surface area contributed by atoms with Crippen LogP contribution >= 0.6 is 0 Å².